The lowest BCUT2D eigenvalue weighted by atomic mass is 9.97. The largest absolute Gasteiger partial charge is 0.390 e. The number of anilines is 1. The third kappa shape index (κ3) is 4.15. The number of aryl methyl sites for hydroxylation is 1. The number of aromatic nitrogens is 3. The van der Waals surface area contributed by atoms with Crippen LogP contribution in [0.15, 0.2) is 17.8 Å². The molecule has 0 radical (unpaired) electrons. The minimum Gasteiger partial charge on any atom is -0.390 e. The molecule has 3 rings (SSSR count). The molecule has 3 heterocycles. The van der Waals surface area contributed by atoms with Crippen molar-refractivity contribution in [1.82, 2.24) is 19.4 Å². The first kappa shape index (κ1) is 17.4. The van der Waals surface area contributed by atoms with Crippen LogP contribution in [0.2, 0.25) is 0 Å². The predicted molar refractivity (Wildman–Crippen MR) is 97.6 cm³/mol. The Morgan fingerprint density at radius 1 is 1.42 bits per heavy atom. The van der Waals surface area contributed by atoms with Crippen LogP contribution in [0, 0.1) is 0 Å². The summed E-state index contributed by atoms with van der Waals surface area (Å²) in [6, 6.07) is 0. The highest BCUT2D eigenvalue weighted by Crippen LogP contribution is 2.31. The summed E-state index contributed by atoms with van der Waals surface area (Å²) < 4.78 is 2.32. The van der Waals surface area contributed by atoms with Crippen molar-refractivity contribution >= 4 is 16.5 Å². The summed E-state index contributed by atoms with van der Waals surface area (Å²) in [7, 11) is 4.23. The molecule has 1 aliphatic rings. The molecule has 0 bridgehead atoms. The van der Waals surface area contributed by atoms with Crippen molar-refractivity contribution in [2.75, 3.05) is 38.6 Å². The number of hydrogen-bond acceptors (Lipinski definition) is 6. The van der Waals surface area contributed by atoms with Crippen molar-refractivity contribution in [3.8, 4) is 0 Å². The zero-order valence-electron chi connectivity index (χ0n) is 14.6. The average Bonchev–Trinajstić information content (AvgIpc) is 3.24. The summed E-state index contributed by atoms with van der Waals surface area (Å²) in [6.07, 6.45) is 7.51. The Balaban J connectivity index is 1.65. The molecule has 0 amide bonds. The van der Waals surface area contributed by atoms with Gasteiger partial charge in [0, 0.05) is 43.3 Å². The first-order valence-corrected chi connectivity index (χ1v) is 9.51. The lowest BCUT2D eigenvalue weighted by Crippen LogP contribution is -2.35. The van der Waals surface area contributed by atoms with Gasteiger partial charge in [-0.25, -0.2) is 9.97 Å². The number of nitrogens with zero attached hydrogens (tertiary/aromatic N) is 5. The lowest BCUT2D eigenvalue weighted by molar-refractivity contribution is 0.277. The van der Waals surface area contributed by atoms with Crippen LogP contribution in [0.25, 0.3) is 0 Å². The van der Waals surface area contributed by atoms with Crippen LogP contribution in [0.3, 0.4) is 0 Å². The zero-order valence-corrected chi connectivity index (χ0v) is 15.4. The fourth-order valence-electron chi connectivity index (χ4n) is 3.30. The Kier molecular flexibility index (Phi) is 5.86. The Labute approximate surface area is 147 Å². The Hall–Kier alpha value is -1.44. The number of imidazole rings is 1. The van der Waals surface area contributed by atoms with Crippen LogP contribution in [0.1, 0.15) is 36.7 Å². The molecule has 7 heteroatoms. The minimum atomic E-state index is 0.0179. The molecule has 132 valence electrons. The SMILES string of the molecule is CN(C)CCCn1ccnc1[C@@H]1CCCN(c2nc(CO)cs2)C1. The predicted octanol–water partition coefficient (Wildman–Crippen LogP) is 2.17. The van der Waals surface area contributed by atoms with Crippen LogP contribution in [-0.2, 0) is 13.2 Å². The summed E-state index contributed by atoms with van der Waals surface area (Å²) in [4.78, 5) is 13.7. The summed E-state index contributed by atoms with van der Waals surface area (Å²) in [5, 5.41) is 12.2. The van der Waals surface area contributed by atoms with Crippen molar-refractivity contribution in [3.05, 3.63) is 29.3 Å². The number of piperidine rings is 1. The summed E-state index contributed by atoms with van der Waals surface area (Å²) >= 11 is 1.62. The molecule has 6 nitrogen and oxygen atoms in total. The van der Waals surface area contributed by atoms with E-state index in [4.69, 9.17) is 0 Å². The van der Waals surface area contributed by atoms with Crippen molar-refractivity contribution in [2.24, 2.45) is 0 Å². The molecular weight excluding hydrogens is 322 g/mol. The van der Waals surface area contributed by atoms with Crippen molar-refractivity contribution in [2.45, 2.75) is 38.3 Å². The normalized spacial score (nSPS) is 18.5. The highest BCUT2D eigenvalue weighted by Gasteiger charge is 2.26. The Morgan fingerprint density at radius 2 is 2.29 bits per heavy atom. The van der Waals surface area contributed by atoms with Gasteiger partial charge in [-0.1, -0.05) is 0 Å². The second-order valence-electron chi connectivity index (χ2n) is 6.70. The second kappa shape index (κ2) is 8.09. The zero-order chi connectivity index (χ0) is 16.9. The van der Waals surface area contributed by atoms with E-state index in [1.165, 1.54) is 12.2 Å². The van der Waals surface area contributed by atoms with Gasteiger partial charge in [0.05, 0.1) is 12.3 Å². The van der Waals surface area contributed by atoms with Gasteiger partial charge in [0.25, 0.3) is 0 Å². The van der Waals surface area contributed by atoms with Crippen LogP contribution in [0.4, 0.5) is 5.13 Å². The lowest BCUT2D eigenvalue weighted by Gasteiger charge is -2.32. The van der Waals surface area contributed by atoms with Gasteiger partial charge >= 0.3 is 0 Å². The summed E-state index contributed by atoms with van der Waals surface area (Å²) in [5.74, 6) is 1.66. The molecule has 0 aliphatic carbocycles. The standard InChI is InChI=1S/C17H27N5OS/c1-20(2)7-4-9-21-10-6-18-16(21)14-5-3-8-22(11-14)17-19-15(12-23)13-24-17/h6,10,13-14,23H,3-5,7-9,11-12H2,1-2H3/t14-/m1/s1. The molecule has 1 aliphatic heterocycles. The quantitative estimate of drug-likeness (QED) is 0.830. The highest BCUT2D eigenvalue weighted by molar-refractivity contribution is 7.13. The molecule has 1 fully saturated rings. The van der Waals surface area contributed by atoms with Crippen molar-refractivity contribution in [1.29, 1.82) is 0 Å². The van der Waals surface area contributed by atoms with Crippen LogP contribution < -0.4 is 4.90 Å². The molecule has 0 spiro atoms. The molecule has 0 saturated carbocycles. The number of aliphatic hydroxyl groups excluding tert-OH is 1. The number of hydrogen-bond donors (Lipinski definition) is 1. The number of thiazole rings is 1. The monoisotopic (exact) mass is 349 g/mol. The van der Waals surface area contributed by atoms with E-state index >= 15 is 0 Å². The topological polar surface area (TPSA) is 57.4 Å². The van der Waals surface area contributed by atoms with Gasteiger partial charge in [-0.15, -0.1) is 11.3 Å². The van der Waals surface area contributed by atoms with Gasteiger partial charge in [0.15, 0.2) is 5.13 Å². The minimum absolute atomic E-state index is 0.0179. The van der Waals surface area contributed by atoms with E-state index in [2.05, 4.69) is 44.6 Å². The molecule has 2 aromatic rings. The van der Waals surface area contributed by atoms with Gasteiger partial charge < -0.3 is 19.5 Å². The molecule has 1 atom stereocenters. The Bertz CT molecular complexity index is 638. The van der Waals surface area contributed by atoms with Crippen LogP contribution in [-0.4, -0.2) is 58.3 Å². The van der Waals surface area contributed by atoms with Crippen LogP contribution in [0.5, 0.6) is 0 Å². The van der Waals surface area contributed by atoms with Gasteiger partial charge in [-0.2, -0.15) is 0 Å². The van der Waals surface area contributed by atoms with E-state index in [1.54, 1.807) is 11.3 Å². The third-order valence-corrected chi connectivity index (χ3v) is 5.46. The first-order valence-electron chi connectivity index (χ1n) is 8.63. The molecular formula is C17H27N5OS. The van der Waals surface area contributed by atoms with Gasteiger partial charge in [-0.05, 0) is 39.9 Å². The number of aliphatic hydroxyl groups is 1. The molecule has 0 unspecified atom stereocenters. The van der Waals surface area contributed by atoms with E-state index in [9.17, 15) is 5.11 Å². The van der Waals surface area contributed by atoms with Gasteiger partial charge in [0.1, 0.15) is 5.82 Å². The van der Waals surface area contributed by atoms with E-state index in [1.807, 2.05) is 11.6 Å². The van der Waals surface area contributed by atoms with Crippen LogP contribution >= 0.6 is 11.3 Å². The van der Waals surface area contributed by atoms with E-state index < -0.39 is 0 Å². The highest BCUT2D eigenvalue weighted by atomic mass is 32.1. The molecule has 0 aromatic carbocycles. The molecule has 1 saturated heterocycles. The first-order chi connectivity index (χ1) is 11.7. The summed E-state index contributed by atoms with van der Waals surface area (Å²) in [5.41, 5.74) is 0.766. The molecule has 1 N–H and O–H groups in total. The van der Waals surface area contributed by atoms with E-state index in [-0.39, 0.29) is 6.61 Å². The maximum atomic E-state index is 9.22. The average molecular weight is 350 g/mol. The maximum absolute atomic E-state index is 9.22. The smallest absolute Gasteiger partial charge is 0.185 e. The van der Waals surface area contributed by atoms with Crippen molar-refractivity contribution < 1.29 is 5.11 Å². The number of rotatable bonds is 7. The van der Waals surface area contributed by atoms with Crippen molar-refractivity contribution in [3.63, 3.8) is 0 Å². The fraction of sp³-hybridized carbons (Fsp3) is 0.647. The van der Waals surface area contributed by atoms with Gasteiger partial charge in [0.2, 0.25) is 0 Å². The Morgan fingerprint density at radius 3 is 3.04 bits per heavy atom. The molecule has 24 heavy (non-hydrogen) atoms. The fourth-order valence-corrected chi connectivity index (χ4v) is 4.16. The van der Waals surface area contributed by atoms with E-state index in [0.29, 0.717) is 5.92 Å². The molecule has 2 aromatic heterocycles. The van der Waals surface area contributed by atoms with E-state index in [0.717, 1.165) is 49.8 Å². The second-order valence-corrected chi connectivity index (χ2v) is 7.54. The summed E-state index contributed by atoms with van der Waals surface area (Å²) in [6.45, 7) is 4.14. The third-order valence-electron chi connectivity index (χ3n) is 4.51. The maximum Gasteiger partial charge on any atom is 0.185 e. The van der Waals surface area contributed by atoms with Gasteiger partial charge in [-0.3, -0.25) is 0 Å².